The van der Waals surface area contributed by atoms with Gasteiger partial charge in [0.05, 0.1) is 25.4 Å². The number of aliphatic hydroxyl groups is 5. The van der Waals surface area contributed by atoms with Crippen molar-refractivity contribution < 1.29 is 49.3 Å². The van der Waals surface area contributed by atoms with E-state index in [-0.39, 0.29) is 19.4 Å². The van der Waals surface area contributed by atoms with Crippen molar-refractivity contribution in [3.05, 3.63) is 109 Å². The maximum atomic E-state index is 13.4. The molecule has 1 amide bonds. The summed E-state index contributed by atoms with van der Waals surface area (Å²) >= 11 is 0. The van der Waals surface area contributed by atoms with Gasteiger partial charge >= 0.3 is 5.97 Å². The van der Waals surface area contributed by atoms with Gasteiger partial charge < -0.3 is 45.1 Å². The number of amides is 1. The van der Waals surface area contributed by atoms with Crippen molar-refractivity contribution in [1.82, 2.24) is 5.32 Å². The van der Waals surface area contributed by atoms with Crippen molar-refractivity contribution >= 4 is 11.9 Å². The smallest absolute Gasteiger partial charge is 0.306 e. The molecule has 8 unspecified atom stereocenters. The second kappa shape index (κ2) is 51.1. The van der Waals surface area contributed by atoms with Gasteiger partial charge in [0, 0.05) is 6.42 Å². The molecule has 11 heteroatoms. The van der Waals surface area contributed by atoms with Crippen LogP contribution < -0.4 is 5.32 Å². The lowest BCUT2D eigenvalue weighted by atomic mass is 9.99. The van der Waals surface area contributed by atoms with Gasteiger partial charge in [-0.2, -0.15) is 0 Å². The zero-order valence-electron chi connectivity index (χ0n) is 47.1. The molecule has 75 heavy (non-hydrogen) atoms. The molecule has 1 aliphatic rings. The van der Waals surface area contributed by atoms with E-state index in [1.807, 2.05) is 18.2 Å². The van der Waals surface area contributed by atoms with Crippen LogP contribution in [0.25, 0.3) is 0 Å². The summed E-state index contributed by atoms with van der Waals surface area (Å²) in [4.78, 5) is 26.5. The third-order valence-corrected chi connectivity index (χ3v) is 13.2. The largest absolute Gasteiger partial charge is 0.454 e. The van der Waals surface area contributed by atoms with E-state index in [2.05, 4.69) is 111 Å². The summed E-state index contributed by atoms with van der Waals surface area (Å²) in [7, 11) is 0. The second-order valence-corrected chi connectivity index (χ2v) is 20.0. The average Bonchev–Trinajstić information content (AvgIpc) is 3.41. The lowest BCUT2D eigenvalue weighted by Gasteiger charge is -2.41. The van der Waals surface area contributed by atoms with Crippen LogP contribution in [0.1, 0.15) is 220 Å². The normalized spacial score (nSPS) is 20.0. The van der Waals surface area contributed by atoms with Gasteiger partial charge in [-0.25, -0.2) is 0 Å². The Balaban J connectivity index is 2.70. The summed E-state index contributed by atoms with van der Waals surface area (Å²) in [6.45, 7) is 5.50. The number of hydrogen-bond donors (Lipinski definition) is 6. The summed E-state index contributed by atoms with van der Waals surface area (Å²) in [5, 5.41) is 56.8. The standard InChI is InChI=1S/C64H107NO10/c1-4-7-10-13-16-19-22-24-26-27-28-29-30-31-32-34-37-40-43-46-49-52-59(69)75-62-61(71)60(70)58(53-66)74-64(62)73-54-55(56(67)50-47-44-41-38-35-21-18-15-12-9-6-3)65-63(72)57(68)51-48-45-42-39-36-33-25-23-20-17-14-11-8-5-2/h7-8,10-11,14,16-17,19-20,23-24,26,28-29,31-32,47,50,55-58,60-62,64,66-68,70-71H,4-6,9,12-13,15,18,21-22,25,27,30,33-46,48-49,51-54H2,1-3H3,(H,65,72)/b10-7-,11-8+,17-14+,19-16-,23-20+,26-24-,29-28-,32-31-,50-47+. The van der Waals surface area contributed by atoms with E-state index in [1.165, 1.54) is 38.5 Å². The number of rotatable bonds is 48. The zero-order chi connectivity index (χ0) is 54.7. The van der Waals surface area contributed by atoms with Crippen LogP contribution in [0.4, 0.5) is 0 Å². The number of aliphatic hydroxyl groups excluding tert-OH is 5. The Labute approximate surface area is 456 Å². The monoisotopic (exact) mass is 1050 g/mol. The van der Waals surface area contributed by atoms with Gasteiger partial charge in [-0.15, -0.1) is 0 Å². The second-order valence-electron chi connectivity index (χ2n) is 20.0. The molecule has 0 radical (unpaired) electrons. The molecule has 1 aliphatic heterocycles. The van der Waals surface area contributed by atoms with Gasteiger partial charge in [0.2, 0.25) is 5.91 Å². The first kappa shape index (κ1) is 69.3. The number of hydrogen-bond acceptors (Lipinski definition) is 10. The van der Waals surface area contributed by atoms with Crippen LogP contribution in [-0.4, -0.2) is 99.6 Å². The zero-order valence-corrected chi connectivity index (χ0v) is 47.1. The summed E-state index contributed by atoms with van der Waals surface area (Å²) in [5.74, 6) is -1.24. The van der Waals surface area contributed by atoms with E-state index in [9.17, 15) is 35.1 Å². The molecule has 1 rings (SSSR count). The summed E-state index contributed by atoms with van der Waals surface area (Å²) in [6, 6.07) is -1.04. The average molecular weight is 1050 g/mol. The molecule has 1 heterocycles. The number of esters is 1. The van der Waals surface area contributed by atoms with Gasteiger partial charge in [0.1, 0.15) is 24.4 Å². The predicted octanol–water partition coefficient (Wildman–Crippen LogP) is 13.7. The highest BCUT2D eigenvalue weighted by atomic mass is 16.7. The van der Waals surface area contributed by atoms with Crippen LogP contribution in [0, 0.1) is 0 Å². The quantitative estimate of drug-likeness (QED) is 0.0149. The lowest BCUT2D eigenvalue weighted by Crippen LogP contribution is -2.61. The number of allylic oxidation sites excluding steroid dienone is 17. The van der Waals surface area contributed by atoms with Gasteiger partial charge in [-0.1, -0.05) is 233 Å². The molecule has 0 aromatic rings. The van der Waals surface area contributed by atoms with Gasteiger partial charge in [0.15, 0.2) is 12.4 Å². The van der Waals surface area contributed by atoms with Crippen LogP contribution in [-0.2, 0) is 23.8 Å². The Bertz CT molecular complexity index is 1630. The fraction of sp³-hybridized carbons (Fsp3) is 0.688. The highest BCUT2D eigenvalue weighted by Crippen LogP contribution is 2.26. The van der Waals surface area contributed by atoms with Crippen molar-refractivity contribution in [3.63, 3.8) is 0 Å². The first-order valence-corrected chi connectivity index (χ1v) is 29.7. The van der Waals surface area contributed by atoms with Gasteiger partial charge in [-0.3, -0.25) is 9.59 Å². The van der Waals surface area contributed by atoms with E-state index in [1.54, 1.807) is 6.08 Å². The molecule has 0 aromatic heterocycles. The fourth-order valence-electron chi connectivity index (χ4n) is 8.56. The maximum absolute atomic E-state index is 13.4. The van der Waals surface area contributed by atoms with E-state index in [4.69, 9.17) is 14.2 Å². The Morgan fingerprint density at radius 3 is 1.59 bits per heavy atom. The predicted molar refractivity (Wildman–Crippen MR) is 310 cm³/mol. The lowest BCUT2D eigenvalue weighted by molar-refractivity contribution is -0.305. The molecule has 0 bridgehead atoms. The van der Waals surface area contributed by atoms with Crippen LogP contribution in [0.5, 0.6) is 0 Å². The Kier molecular flexibility index (Phi) is 47.2. The fourth-order valence-corrected chi connectivity index (χ4v) is 8.56. The Morgan fingerprint density at radius 1 is 0.547 bits per heavy atom. The van der Waals surface area contributed by atoms with Gasteiger partial charge in [-0.05, 0) is 89.9 Å². The molecule has 0 aliphatic carbocycles. The topological polar surface area (TPSA) is 175 Å². The van der Waals surface area contributed by atoms with Crippen LogP contribution >= 0.6 is 0 Å². The number of ether oxygens (including phenoxy) is 3. The van der Waals surface area contributed by atoms with Crippen molar-refractivity contribution in [2.75, 3.05) is 13.2 Å². The molecular formula is C64H107NO10. The first-order valence-electron chi connectivity index (χ1n) is 29.7. The van der Waals surface area contributed by atoms with Crippen molar-refractivity contribution in [1.29, 1.82) is 0 Å². The molecule has 0 spiro atoms. The molecule has 0 saturated carbocycles. The summed E-state index contributed by atoms with van der Waals surface area (Å²) < 4.78 is 17.6. The minimum atomic E-state index is -1.63. The molecule has 0 aromatic carbocycles. The molecule has 1 saturated heterocycles. The van der Waals surface area contributed by atoms with Crippen LogP contribution in [0.15, 0.2) is 109 Å². The minimum Gasteiger partial charge on any atom is -0.454 e. The summed E-state index contributed by atoms with van der Waals surface area (Å²) in [6.07, 6.45) is 58.4. The highest BCUT2D eigenvalue weighted by molar-refractivity contribution is 5.80. The number of nitrogens with one attached hydrogen (secondary N) is 1. The van der Waals surface area contributed by atoms with E-state index in [0.29, 0.717) is 12.8 Å². The van der Waals surface area contributed by atoms with E-state index in [0.717, 1.165) is 135 Å². The minimum absolute atomic E-state index is 0.0938. The third kappa shape index (κ3) is 39.4. The molecule has 11 nitrogen and oxygen atoms in total. The molecule has 428 valence electrons. The number of carbonyl (C=O) groups is 2. The van der Waals surface area contributed by atoms with Crippen LogP contribution in [0.3, 0.4) is 0 Å². The molecule has 8 atom stereocenters. The third-order valence-electron chi connectivity index (χ3n) is 13.2. The van der Waals surface area contributed by atoms with E-state index >= 15 is 0 Å². The van der Waals surface area contributed by atoms with Crippen molar-refractivity contribution in [2.45, 2.75) is 269 Å². The van der Waals surface area contributed by atoms with Crippen molar-refractivity contribution in [3.8, 4) is 0 Å². The Hall–Kier alpha value is -3.68. The van der Waals surface area contributed by atoms with Crippen LogP contribution in [0.2, 0.25) is 0 Å². The molecule has 6 N–H and O–H groups in total. The molecular weight excluding hydrogens is 943 g/mol. The first-order chi connectivity index (χ1) is 36.7. The maximum Gasteiger partial charge on any atom is 0.306 e. The van der Waals surface area contributed by atoms with E-state index < -0.39 is 67.4 Å². The number of unbranched alkanes of at least 4 members (excludes halogenated alkanes) is 20. The van der Waals surface area contributed by atoms with Crippen molar-refractivity contribution in [2.24, 2.45) is 0 Å². The molecule has 1 fully saturated rings. The van der Waals surface area contributed by atoms with Gasteiger partial charge in [0.25, 0.3) is 0 Å². The summed E-state index contributed by atoms with van der Waals surface area (Å²) in [5.41, 5.74) is 0. The highest BCUT2D eigenvalue weighted by Gasteiger charge is 2.47. The SMILES string of the molecule is CC/C=C\C/C=C\C/C=C\C/C=C\C/C=C\CCCCCCCC(=O)OC1C(OCC(NC(=O)C(O)CCCCCCCC/C=C/C=C/C=C/CC)C(O)/C=C/CCCCCCCCCCC)OC(CO)C(O)C1O. The Morgan fingerprint density at radius 2 is 1.03 bits per heavy atom. The number of carbonyl (C=O) groups excluding carboxylic acids is 2.